The predicted octanol–water partition coefficient (Wildman–Crippen LogP) is 3.49. The Balaban J connectivity index is 1.63. The maximum atomic E-state index is 12.6. The highest BCUT2D eigenvalue weighted by atomic mass is 79.9. The van der Waals surface area contributed by atoms with E-state index < -0.39 is 0 Å². The molecule has 1 amide bonds. The van der Waals surface area contributed by atoms with E-state index in [0.717, 1.165) is 35.8 Å². The SMILES string of the molecule is CCc1cnc(OC2CCCN(C(=O)c3ccc(Br)cc3)C2)nc1. The van der Waals surface area contributed by atoms with Crippen molar-refractivity contribution in [2.24, 2.45) is 0 Å². The van der Waals surface area contributed by atoms with E-state index in [0.29, 0.717) is 18.1 Å². The van der Waals surface area contributed by atoms with Gasteiger partial charge in [0.15, 0.2) is 0 Å². The Labute approximate surface area is 150 Å². The summed E-state index contributed by atoms with van der Waals surface area (Å²) in [6.45, 7) is 3.38. The minimum atomic E-state index is -0.0642. The molecule has 1 aliphatic rings. The largest absolute Gasteiger partial charge is 0.458 e. The molecule has 3 rings (SSSR count). The van der Waals surface area contributed by atoms with Gasteiger partial charge in [0.25, 0.3) is 5.91 Å². The van der Waals surface area contributed by atoms with Crippen LogP contribution < -0.4 is 4.74 Å². The molecule has 2 aromatic rings. The highest BCUT2D eigenvalue weighted by Crippen LogP contribution is 2.19. The number of carbonyl (C=O) groups is 1. The van der Waals surface area contributed by atoms with Crippen LogP contribution in [0.3, 0.4) is 0 Å². The monoisotopic (exact) mass is 389 g/mol. The molecule has 0 bridgehead atoms. The number of carbonyl (C=O) groups excluding carboxylic acids is 1. The van der Waals surface area contributed by atoms with Gasteiger partial charge in [0.1, 0.15) is 6.10 Å². The Hall–Kier alpha value is -1.95. The topological polar surface area (TPSA) is 55.3 Å². The number of likely N-dealkylation sites (tertiary alicyclic amines) is 1. The van der Waals surface area contributed by atoms with E-state index in [2.05, 4.69) is 32.8 Å². The molecule has 5 nitrogen and oxygen atoms in total. The number of amides is 1. The zero-order chi connectivity index (χ0) is 16.9. The predicted molar refractivity (Wildman–Crippen MR) is 95.1 cm³/mol. The molecule has 24 heavy (non-hydrogen) atoms. The van der Waals surface area contributed by atoms with Crippen molar-refractivity contribution >= 4 is 21.8 Å². The summed E-state index contributed by atoms with van der Waals surface area (Å²) < 4.78 is 6.83. The smallest absolute Gasteiger partial charge is 0.316 e. The zero-order valence-corrected chi connectivity index (χ0v) is 15.2. The molecule has 1 atom stereocenters. The molecule has 1 aromatic heterocycles. The molecule has 0 saturated carbocycles. The molecule has 0 radical (unpaired) electrons. The van der Waals surface area contributed by atoms with Gasteiger partial charge in [-0.15, -0.1) is 0 Å². The summed E-state index contributed by atoms with van der Waals surface area (Å²) >= 11 is 3.39. The first-order valence-electron chi connectivity index (χ1n) is 8.18. The third kappa shape index (κ3) is 4.12. The van der Waals surface area contributed by atoms with E-state index in [4.69, 9.17) is 4.74 Å². The third-order valence-electron chi connectivity index (χ3n) is 4.12. The van der Waals surface area contributed by atoms with Gasteiger partial charge in [0.2, 0.25) is 0 Å². The van der Waals surface area contributed by atoms with Crippen LogP contribution in [0.5, 0.6) is 6.01 Å². The van der Waals surface area contributed by atoms with Gasteiger partial charge >= 0.3 is 6.01 Å². The third-order valence-corrected chi connectivity index (χ3v) is 4.65. The van der Waals surface area contributed by atoms with Crippen molar-refractivity contribution < 1.29 is 9.53 Å². The fourth-order valence-electron chi connectivity index (χ4n) is 2.73. The number of piperidine rings is 1. The highest BCUT2D eigenvalue weighted by molar-refractivity contribution is 9.10. The molecule has 1 aromatic carbocycles. The molecular formula is C18H20BrN3O2. The lowest BCUT2D eigenvalue weighted by Gasteiger charge is -2.32. The molecule has 0 spiro atoms. The summed E-state index contributed by atoms with van der Waals surface area (Å²) in [7, 11) is 0. The molecule has 6 heteroatoms. The molecule has 0 aliphatic carbocycles. The van der Waals surface area contributed by atoms with Gasteiger partial charge in [0, 0.05) is 29.0 Å². The Morgan fingerprint density at radius 2 is 2.00 bits per heavy atom. The number of aryl methyl sites for hydroxylation is 1. The van der Waals surface area contributed by atoms with Gasteiger partial charge in [0.05, 0.1) is 6.54 Å². The first-order valence-corrected chi connectivity index (χ1v) is 8.97. The van der Waals surface area contributed by atoms with Gasteiger partial charge in [-0.25, -0.2) is 9.97 Å². The summed E-state index contributed by atoms with van der Waals surface area (Å²) in [6, 6.07) is 7.82. The van der Waals surface area contributed by atoms with Crippen molar-refractivity contribution in [1.29, 1.82) is 0 Å². The fraction of sp³-hybridized carbons (Fsp3) is 0.389. The van der Waals surface area contributed by atoms with Crippen LogP contribution in [0.1, 0.15) is 35.7 Å². The first-order chi connectivity index (χ1) is 11.7. The maximum Gasteiger partial charge on any atom is 0.316 e. The van der Waals surface area contributed by atoms with E-state index in [9.17, 15) is 4.79 Å². The van der Waals surface area contributed by atoms with E-state index in [1.807, 2.05) is 29.2 Å². The molecule has 1 aliphatic heterocycles. The molecule has 1 unspecified atom stereocenters. The average molecular weight is 390 g/mol. The van der Waals surface area contributed by atoms with Crippen molar-refractivity contribution in [2.45, 2.75) is 32.3 Å². The Morgan fingerprint density at radius 1 is 1.29 bits per heavy atom. The van der Waals surface area contributed by atoms with Crippen molar-refractivity contribution in [3.05, 3.63) is 52.3 Å². The molecular weight excluding hydrogens is 370 g/mol. The maximum absolute atomic E-state index is 12.6. The number of aromatic nitrogens is 2. The lowest BCUT2D eigenvalue weighted by molar-refractivity contribution is 0.0515. The van der Waals surface area contributed by atoms with Crippen LogP contribution in [-0.4, -0.2) is 40.0 Å². The zero-order valence-electron chi connectivity index (χ0n) is 13.6. The minimum Gasteiger partial charge on any atom is -0.458 e. The van der Waals surface area contributed by atoms with Crippen molar-refractivity contribution in [1.82, 2.24) is 14.9 Å². The number of nitrogens with zero attached hydrogens (tertiary/aromatic N) is 3. The Morgan fingerprint density at radius 3 is 2.67 bits per heavy atom. The van der Waals surface area contributed by atoms with Crippen LogP contribution in [0.25, 0.3) is 0 Å². The van der Waals surface area contributed by atoms with E-state index in [1.165, 1.54) is 0 Å². The molecule has 126 valence electrons. The number of halogens is 1. The second-order valence-electron chi connectivity index (χ2n) is 5.87. The summed E-state index contributed by atoms with van der Waals surface area (Å²) in [5.74, 6) is 0.0399. The van der Waals surface area contributed by atoms with Crippen LogP contribution in [0.4, 0.5) is 0 Å². The number of rotatable bonds is 4. The van der Waals surface area contributed by atoms with Gasteiger partial charge < -0.3 is 9.64 Å². The standard InChI is InChI=1S/C18H20BrN3O2/c1-2-13-10-20-18(21-11-13)24-16-4-3-9-22(12-16)17(23)14-5-7-15(19)8-6-14/h5-8,10-11,16H,2-4,9,12H2,1H3. The van der Waals surface area contributed by atoms with Crippen LogP contribution in [0.2, 0.25) is 0 Å². The van der Waals surface area contributed by atoms with Gasteiger partial charge in [-0.1, -0.05) is 22.9 Å². The van der Waals surface area contributed by atoms with Crippen LogP contribution >= 0.6 is 15.9 Å². The normalized spacial score (nSPS) is 17.6. The molecule has 1 fully saturated rings. The minimum absolute atomic E-state index is 0.0399. The lowest BCUT2D eigenvalue weighted by atomic mass is 10.1. The Bertz CT molecular complexity index is 688. The van der Waals surface area contributed by atoms with Crippen LogP contribution in [0, 0.1) is 0 Å². The second kappa shape index (κ2) is 7.75. The van der Waals surface area contributed by atoms with Crippen LogP contribution in [0.15, 0.2) is 41.1 Å². The first kappa shape index (κ1) is 16.9. The van der Waals surface area contributed by atoms with Gasteiger partial charge in [-0.2, -0.15) is 0 Å². The van der Waals surface area contributed by atoms with Crippen molar-refractivity contribution in [3.8, 4) is 6.01 Å². The van der Waals surface area contributed by atoms with Gasteiger partial charge in [-0.3, -0.25) is 4.79 Å². The number of ether oxygens (including phenoxy) is 1. The Kier molecular flexibility index (Phi) is 5.45. The number of hydrogen-bond acceptors (Lipinski definition) is 4. The van der Waals surface area contributed by atoms with E-state index >= 15 is 0 Å². The van der Waals surface area contributed by atoms with Crippen molar-refractivity contribution in [3.63, 3.8) is 0 Å². The van der Waals surface area contributed by atoms with Crippen molar-refractivity contribution in [2.75, 3.05) is 13.1 Å². The highest BCUT2D eigenvalue weighted by Gasteiger charge is 2.26. The van der Waals surface area contributed by atoms with Crippen LogP contribution in [-0.2, 0) is 6.42 Å². The lowest BCUT2D eigenvalue weighted by Crippen LogP contribution is -2.44. The average Bonchev–Trinajstić information content (AvgIpc) is 2.63. The van der Waals surface area contributed by atoms with Gasteiger partial charge in [-0.05, 0) is 49.1 Å². The summed E-state index contributed by atoms with van der Waals surface area (Å²) in [5.41, 5.74) is 1.78. The van der Waals surface area contributed by atoms with E-state index in [-0.39, 0.29) is 12.0 Å². The van der Waals surface area contributed by atoms with E-state index in [1.54, 1.807) is 12.4 Å². The molecule has 1 saturated heterocycles. The number of benzene rings is 1. The number of hydrogen-bond donors (Lipinski definition) is 0. The summed E-state index contributed by atoms with van der Waals surface area (Å²) in [6.07, 6.45) is 6.24. The second-order valence-corrected chi connectivity index (χ2v) is 6.78. The summed E-state index contributed by atoms with van der Waals surface area (Å²) in [5, 5.41) is 0. The molecule has 0 N–H and O–H groups in total. The molecule has 2 heterocycles. The fourth-order valence-corrected chi connectivity index (χ4v) is 2.99. The quantitative estimate of drug-likeness (QED) is 0.802. The summed E-state index contributed by atoms with van der Waals surface area (Å²) in [4.78, 5) is 22.9.